The lowest BCUT2D eigenvalue weighted by atomic mass is 10.0. The molecule has 0 bridgehead atoms. The second-order valence-electron chi connectivity index (χ2n) is 5.43. The highest BCUT2D eigenvalue weighted by Crippen LogP contribution is 2.17. The standard InChI is InChI=1S/C17H20N2O3S/c1-11-16(18-12(2)23-11)17(22)19-14(8-9-15(20)21)10-13-6-4-3-5-7-13/h3-7,14H,8-10H2,1-2H3,(H,19,22)(H,20,21). The molecule has 0 fully saturated rings. The Kier molecular flexibility index (Phi) is 5.87. The molecule has 122 valence electrons. The average Bonchev–Trinajstić information content (AvgIpc) is 2.84. The number of aromatic nitrogens is 1. The molecule has 0 saturated carbocycles. The number of aryl methyl sites for hydroxylation is 2. The van der Waals surface area contributed by atoms with Gasteiger partial charge in [-0.05, 0) is 32.3 Å². The van der Waals surface area contributed by atoms with Crippen molar-refractivity contribution in [1.29, 1.82) is 0 Å². The third-order valence-electron chi connectivity index (χ3n) is 3.49. The number of rotatable bonds is 7. The summed E-state index contributed by atoms with van der Waals surface area (Å²) in [6.07, 6.45) is 1.01. The number of benzene rings is 1. The number of carbonyl (C=O) groups is 2. The largest absolute Gasteiger partial charge is 0.481 e. The summed E-state index contributed by atoms with van der Waals surface area (Å²) >= 11 is 1.48. The Hall–Kier alpha value is -2.21. The van der Waals surface area contributed by atoms with Gasteiger partial charge in [0.1, 0.15) is 5.69 Å². The summed E-state index contributed by atoms with van der Waals surface area (Å²) in [5, 5.41) is 12.7. The first-order valence-electron chi connectivity index (χ1n) is 7.46. The Morgan fingerprint density at radius 1 is 1.26 bits per heavy atom. The van der Waals surface area contributed by atoms with Gasteiger partial charge in [-0.1, -0.05) is 30.3 Å². The minimum Gasteiger partial charge on any atom is -0.481 e. The smallest absolute Gasteiger partial charge is 0.303 e. The second kappa shape index (κ2) is 7.87. The van der Waals surface area contributed by atoms with Crippen molar-refractivity contribution in [1.82, 2.24) is 10.3 Å². The first kappa shape index (κ1) is 17.1. The fourth-order valence-electron chi connectivity index (χ4n) is 2.41. The van der Waals surface area contributed by atoms with Gasteiger partial charge in [0.2, 0.25) is 0 Å². The molecule has 2 rings (SSSR count). The third-order valence-corrected chi connectivity index (χ3v) is 4.37. The van der Waals surface area contributed by atoms with Gasteiger partial charge in [0.05, 0.1) is 5.01 Å². The van der Waals surface area contributed by atoms with Crippen molar-refractivity contribution in [2.75, 3.05) is 0 Å². The van der Waals surface area contributed by atoms with Crippen LogP contribution in [-0.4, -0.2) is 28.0 Å². The summed E-state index contributed by atoms with van der Waals surface area (Å²) in [4.78, 5) is 28.4. The Morgan fingerprint density at radius 3 is 2.52 bits per heavy atom. The fraction of sp³-hybridized carbons (Fsp3) is 0.353. The zero-order valence-electron chi connectivity index (χ0n) is 13.2. The van der Waals surface area contributed by atoms with Gasteiger partial charge in [-0.2, -0.15) is 0 Å². The molecule has 1 unspecified atom stereocenters. The van der Waals surface area contributed by atoms with Gasteiger partial charge in [0.15, 0.2) is 0 Å². The van der Waals surface area contributed by atoms with E-state index in [-0.39, 0.29) is 18.4 Å². The Bertz CT molecular complexity index is 682. The zero-order chi connectivity index (χ0) is 16.8. The summed E-state index contributed by atoms with van der Waals surface area (Å²) in [7, 11) is 0. The molecule has 0 aliphatic carbocycles. The van der Waals surface area contributed by atoms with E-state index in [2.05, 4.69) is 10.3 Å². The number of carboxylic acid groups (broad SMARTS) is 1. The van der Waals surface area contributed by atoms with Crippen LogP contribution in [0.3, 0.4) is 0 Å². The van der Waals surface area contributed by atoms with Crippen LogP contribution in [0.5, 0.6) is 0 Å². The molecule has 6 heteroatoms. The Morgan fingerprint density at radius 2 is 1.96 bits per heavy atom. The van der Waals surface area contributed by atoms with E-state index < -0.39 is 5.97 Å². The Balaban J connectivity index is 2.08. The monoisotopic (exact) mass is 332 g/mol. The molecular weight excluding hydrogens is 312 g/mol. The van der Waals surface area contributed by atoms with E-state index in [1.165, 1.54) is 11.3 Å². The molecule has 1 aromatic carbocycles. The van der Waals surface area contributed by atoms with Gasteiger partial charge in [-0.15, -0.1) is 11.3 Å². The molecule has 0 radical (unpaired) electrons. The molecule has 2 N–H and O–H groups in total. The summed E-state index contributed by atoms with van der Waals surface area (Å²) < 4.78 is 0. The first-order valence-corrected chi connectivity index (χ1v) is 8.28. The maximum atomic E-state index is 12.4. The van der Waals surface area contributed by atoms with Crippen LogP contribution in [0.25, 0.3) is 0 Å². The first-order chi connectivity index (χ1) is 11.0. The number of hydrogen-bond donors (Lipinski definition) is 2. The van der Waals surface area contributed by atoms with Gasteiger partial charge in [-0.25, -0.2) is 4.98 Å². The van der Waals surface area contributed by atoms with Gasteiger partial charge in [0.25, 0.3) is 5.91 Å². The van der Waals surface area contributed by atoms with Crippen LogP contribution in [0.1, 0.15) is 38.8 Å². The molecule has 5 nitrogen and oxygen atoms in total. The van der Waals surface area contributed by atoms with Gasteiger partial charge >= 0.3 is 5.97 Å². The summed E-state index contributed by atoms with van der Waals surface area (Å²) in [6, 6.07) is 9.49. The van der Waals surface area contributed by atoms with Crippen molar-refractivity contribution in [2.45, 2.75) is 39.2 Å². The molecule has 0 saturated heterocycles. The predicted molar refractivity (Wildman–Crippen MR) is 89.9 cm³/mol. The van der Waals surface area contributed by atoms with Crippen molar-refractivity contribution in [3.8, 4) is 0 Å². The Labute approximate surface area is 139 Å². The molecule has 1 atom stereocenters. The lowest BCUT2D eigenvalue weighted by Crippen LogP contribution is -2.37. The normalized spacial score (nSPS) is 11.9. The lowest BCUT2D eigenvalue weighted by Gasteiger charge is -2.18. The third kappa shape index (κ3) is 5.17. The molecule has 2 aromatic rings. The molecule has 0 aliphatic rings. The number of hydrogen-bond acceptors (Lipinski definition) is 4. The number of nitrogens with zero attached hydrogens (tertiary/aromatic N) is 1. The van der Waals surface area contributed by atoms with Crippen LogP contribution < -0.4 is 5.32 Å². The van der Waals surface area contributed by atoms with Crippen molar-refractivity contribution in [3.05, 3.63) is 51.5 Å². The maximum Gasteiger partial charge on any atom is 0.303 e. The average molecular weight is 332 g/mol. The maximum absolute atomic E-state index is 12.4. The summed E-state index contributed by atoms with van der Waals surface area (Å²) in [5.41, 5.74) is 1.50. The van der Waals surface area contributed by atoms with E-state index in [0.29, 0.717) is 18.5 Å². The zero-order valence-corrected chi connectivity index (χ0v) is 14.0. The molecule has 23 heavy (non-hydrogen) atoms. The molecular formula is C17H20N2O3S. The van der Waals surface area contributed by atoms with Crippen molar-refractivity contribution < 1.29 is 14.7 Å². The van der Waals surface area contributed by atoms with Crippen LogP contribution in [0.4, 0.5) is 0 Å². The van der Waals surface area contributed by atoms with Crippen LogP contribution in [-0.2, 0) is 11.2 Å². The quantitative estimate of drug-likeness (QED) is 0.817. The molecule has 0 aliphatic heterocycles. The molecule has 1 amide bonds. The molecule has 1 heterocycles. The number of carboxylic acids is 1. The van der Waals surface area contributed by atoms with Crippen LogP contribution in [0, 0.1) is 13.8 Å². The van der Waals surface area contributed by atoms with Crippen molar-refractivity contribution in [3.63, 3.8) is 0 Å². The van der Waals surface area contributed by atoms with Gasteiger partial charge in [-0.3, -0.25) is 9.59 Å². The van der Waals surface area contributed by atoms with E-state index in [0.717, 1.165) is 15.4 Å². The predicted octanol–water partition coefficient (Wildman–Crippen LogP) is 2.97. The van der Waals surface area contributed by atoms with E-state index in [4.69, 9.17) is 5.11 Å². The number of amides is 1. The number of aliphatic carboxylic acids is 1. The van der Waals surface area contributed by atoms with Gasteiger partial charge < -0.3 is 10.4 Å². The highest BCUT2D eigenvalue weighted by Gasteiger charge is 2.19. The van der Waals surface area contributed by atoms with E-state index in [1.54, 1.807) is 0 Å². The van der Waals surface area contributed by atoms with Crippen LogP contribution >= 0.6 is 11.3 Å². The van der Waals surface area contributed by atoms with E-state index in [1.807, 2.05) is 44.2 Å². The minimum absolute atomic E-state index is 0.0207. The van der Waals surface area contributed by atoms with Crippen molar-refractivity contribution >= 4 is 23.2 Å². The number of thiazole rings is 1. The summed E-state index contributed by atoms with van der Waals surface area (Å²) in [5.74, 6) is -1.10. The SMILES string of the molecule is Cc1nc(C(=O)NC(CCC(=O)O)Cc2ccccc2)c(C)s1. The number of nitrogens with one attached hydrogen (secondary N) is 1. The summed E-state index contributed by atoms with van der Waals surface area (Å²) in [6.45, 7) is 3.73. The topological polar surface area (TPSA) is 79.3 Å². The highest BCUT2D eigenvalue weighted by atomic mass is 32.1. The second-order valence-corrected chi connectivity index (χ2v) is 6.84. The molecule has 0 spiro atoms. The molecule has 1 aromatic heterocycles. The van der Waals surface area contributed by atoms with Gasteiger partial charge in [0, 0.05) is 17.3 Å². The fourth-order valence-corrected chi connectivity index (χ4v) is 3.23. The van der Waals surface area contributed by atoms with E-state index >= 15 is 0 Å². The minimum atomic E-state index is -0.863. The van der Waals surface area contributed by atoms with E-state index in [9.17, 15) is 9.59 Å². The lowest BCUT2D eigenvalue weighted by molar-refractivity contribution is -0.137. The van der Waals surface area contributed by atoms with Crippen LogP contribution in [0.2, 0.25) is 0 Å². The van der Waals surface area contributed by atoms with Crippen molar-refractivity contribution in [2.24, 2.45) is 0 Å². The number of carbonyl (C=O) groups excluding carboxylic acids is 1. The van der Waals surface area contributed by atoms with Crippen LogP contribution in [0.15, 0.2) is 30.3 Å². The highest BCUT2D eigenvalue weighted by molar-refractivity contribution is 7.11.